The molecule has 0 spiro atoms. The Hall–Kier alpha value is -5.77. The predicted molar refractivity (Wildman–Crippen MR) is 311 cm³/mol. The molecule has 0 atom stereocenters. The molecular weight excluding hydrogens is 1220 g/mol. The Balaban J connectivity index is 0.000000327. The summed E-state index contributed by atoms with van der Waals surface area (Å²) in [7, 11) is 0. The number of H-pyrrole nitrogens is 2. The number of fused-ring (bicyclic) bond motifs is 1. The molecule has 1 heterocycles. The average Bonchev–Trinajstić information content (AvgIpc) is 0.745. The van der Waals surface area contributed by atoms with Crippen molar-refractivity contribution in [2.24, 2.45) is 0 Å². The van der Waals surface area contributed by atoms with Gasteiger partial charge in [-0.3, -0.25) is 0 Å². The van der Waals surface area contributed by atoms with Crippen LogP contribution in [0.4, 0.5) is 87.8 Å². The minimum atomic E-state index is -7.22. The van der Waals surface area contributed by atoms with E-state index in [1.165, 1.54) is 234 Å². The molecule has 0 radical (unpaired) electrons. The minimum Gasteiger partial charge on any atom is -0.241 e. The largest absolute Gasteiger partial charge is 0.252 e. The van der Waals surface area contributed by atoms with Crippen molar-refractivity contribution in [2.45, 2.75) is 232 Å². The fraction of sp³-hybridized carbons (Fsp3) is 0.537. The monoisotopic (exact) mass is 1300 g/mol. The SMILES string of the molecule is CCCCCCCCCCCCCCCCCCc1ccc2[nH]c(CCCCCCCCCCCCCCCCCC)[nH+]c2c1.Fc1c(F)c(F)c([B-](c2c(F)c(F)c(F)c(F)c2F)(c2c(F)c(F)c(F)c(F)c2F)c2c(F)c(F)c(F)c(F)c2F)c(F)c1F. The maximum atomic E-state index is 15.4. The van der Waals surface area contributed by atoms with E-state index >= 15 is 35.1 Å². The van der Waals surface area contributed by atoms with Crippen LogP contribution in [0.1, 0.15) is 231 Å². The lowest BCUT2D eigenvalue weighted by molar-refractivity contribution is -0.358. The number of imidazole rings is 1. The van der Waals surface area contributed by atoms with Crippen LogP contribution in [0.2, 0.25) is 0 Å². The molecule has 2 N–H and O–H groups in total. The number of aromatic amines is 2. The van der Waals surface area contributed by atoms with Gasteiger partial charge in [0.1, 0.15) is 52.7 Å². The van der Waals surface area contributed by atoms with Crippen molar-refractivity contribution in [2.75, 3.05) is 0 Å². The molecule has 2 nitrogen and oxygen atoms in total. The van der Waals surface area contributed by atoms with Gasteiger partial charge in [0.2, 0.25) is 0 Å². The van der Waals surface area contributed by atoms with Gasteiger partial charge in [0.15, 0.2) is 80.8 Å². The molecule has 0 aliphatic carbocycles. The molecule has 0 amide bonds. The zero-order valence-electron chi connectivity index (χ0n) is 50.9. The lowest BCUT2D eigenvalue weighted by Gasteiger charge is -2.44. The topological polar surface area (TPSA) is 29.9 Å². The van der Waals surface area contributed by atoms with E-state index in [9.17, 15) is 52.7 Å². The summed E-state index contributed by atoms with van der Waals surface area (Å²) in [6, 6.07) is 7.04. The van der Waals surface area contributed by atoms with E-state index in [2.05, 4.69) is 42.0 Å². The van der Waals surface area contributed by atoms with Crippen molar-refractivity contribution >= 4 is 39.0 Å². The van der Waals surface area contributed by atoms with Crippen molar-refractivity contribution in [3.63, 3.8) is 0 Å². The number of aromatic nitrogens is 2. The van der Waals surface area contributed by atoms with Gasteiger partial charge < -0.3 is 0 Å². The number of hydrogen-bond acceptors (Lipinski definition) is 0. The van der Waals surface area contributed by atoms with Crippen LogP contribution in [0.25, 0.3) is 11.0 Å². The third-order valence-electron chi connectivity index (χ3n) is 17.0. The van der Waals surface area contributed by atoms with Crippen LogP contribution in [0.5, 0.6) is 0 Å². The summed E-state index contributed by atoms with van der Waals surface area (Å²) in [5.74, 6) is -70.1. The first-order valence-electron chi connectivity index (χ1n) is 31.8. The van der Waals surface area contributed by atoms with Gasteiger partial charge in [-0.25, -0.2) is 97.8 Å². The van der Waals surface area contributed by atoms with E-state index in [1.807, 2.05) is 0 Å². The quantitative estimate of drug-likeness (QED) is 0.0132. The van der Waals surface area contributed by atoms with Crippen molar-refractivity contribution in [3.8, 4) is 0 Å². The van der Waals surface area contributed by atoms with Crippen LogP contribution in [-0.4, -0.2) is 11.1 Å². The van der Waals surface area contributed by atoms with E-state index in [1.54, 1.807) is 0 Å². The Bertz CT molecular complexity index is 2840. The maximum Gasteiger partial charge on any atom is 0.252 e. The fourth-order valence-corrected chi connectivity index (χ4v) is 12.0. The van der Waals surface area contributed by atoms with E-state index in [0.717, 1.165) is 6.42 Å². The number of unbranched alkanes of at least 4 members (excludes halogenated alkanes) is 30. The van der Waals surface area contributed by atoms with Gasteiger partial charge in [0.05, 0.1) is 0 Å². The van der Waals surface area contributed by atoms with E-state index in [0.29, 0.717) is 0 Å². The Morgan fingerprint density at radius 3 is 0.722 bits per heavy atom. The molecule has 0 saturated carbocycles. The zero-order chi connectivity index (χ0) is 66.2. The van der Waals surface area contributed by atoms with Crippen molar-refractivity contribution < 1.29 is 92.8 Å². The Kier molecular flexibility index (Phi) is 30.9. The van der Waals surface area contributed by atoms with Gasteiger partial charge in [-0.05, 0) is 37.0 Å². The molecule has 6 rings (SSSR count). The smallest absolute Gasteiger partial charge is 0.241 e. The van der Waals surface area contributed by atoms with Crippen LogP contribution < -0.4 is 26.8 Å². The second kappa shape index (κ2) is 37.1. The molecule has 0 fully saturated rings. The van der Waals surface area contributed by atoms with Gasteiger partial charge in [-0.15, -0.1) is 21.9 Å². The van der Waals surface area contributed by atoms with Crippen molar-refractivity contribution in [1.29, 1.82) is 0 Å². The number of nitrogens with one attached hydrogen (secondary N) is 2. The van der Waals surface area contributed by atoms with Gasteiger partial charge >= 0.3 is 0 Å². The number of rotatable bonds is 38. The minimum absolute atomic E-state index is 1.15. The molecule has 1 aromatic heterocycles. The summed E-state index contributed by atoms with van der Waals surface area (Å²) in [4.78, 5) is 7.33. The lowest BCUT2D eigenvalue weighted by atomic mass is 9.12. The van der Waals surface area contributed by atoms with Gasteiger partial charge in [-0.1, -0.05) is 213 Å². The Morgan fingerprint density at radius 2 is 0.478 bits per heavy atom. The third-order valence-corrected chi connectivity index (χ3v) is 17.0. The van der Waals surface area contributed by atoms with Crippen LogP contribution in [0.15, 0.2) is 18.2 Å². The molecule has 5 aromatic carbocycles. The van der Waals surface area contributed by atoms with Gasteiger partial charge in [-0.2, -0.15) is 0 Å². The molecule has 23 heteroatoms. The average molecular weight is 1300 g/mol. The molecular formula is C67H79BF20N2. The highest BCUT2D eigenvalue weighted by molar-refractivity contribution is 7.20. The summed E-state index contributed by atoms with van der Waals surface area (Å²) in [5.41, 5.74) is -10.3. The van der Waals surface area contributed by atoms with Crippen LogP contribution in [-0.2, 0) is 12.8 Å². The second-order valence-electron chi connectivity index (χ2n) is 23.5. The molecule has 0 aliphatic heterocycles. The second-order valence-corrected chi connectivity index (χ2v) is 23.5. The number of halogens is 20. The molecule has 500 valence electrons. The molecule has 0 unspecified atom stereocenters. The molecule has 0 bridgehead atoms. The maximum absolute atomic E-state index is 15.4. The van der Waals surface area contributed by atoms with Gasteiger partial charge in [0, 0.05) is 6.42 Å². The lowest BCUT2D eigenvalue weighted by Crippen LogP contribution is -2.81. The van der Waals surface area contributed by atoms with E-state index in [4.69, 9.17) is 0 Å². The normalized spacial score (nSPS) is 11.8. The van der Waals surface area contributed by atoms with Gasteiger partial charge in [0.25, 0.3) is 5.82 Å². The molecule has 0 saturated heterocycles. The highest BCUT2D eigenvalue weighted by Gasteiger charge is 2.52. The van der Waals surface area contributed by atoms with Crippen LogP contribution in [0, 0.1) is 116 Å². The number of hydrogen-bond donors (Lipinski definition) is 1. The number of benzene rings is 5. The first-order valence-corrected chi connectivity index (χ1v) is 31.8. The Labute approximate surface area is 513 Å². The van der Waals surface area contributed by atoms with E-state index in [-0.39, 0.29) is 0 Å². The predicted octanol–water partition coefficient (Wildman–Crippen LogP) is 20.4. The zero-order valence-corrected chi connectivity index (χ0v) is 50.9. The first kappa shape index (κ1) is 75.0. The Morgan fingerprint density at radius 1 is 0.267 bits per heavy atom. The molecule has 90 heavy (non-hydrogen) atoms. The molecule has 0 aliphatic rings. The first-order chi connectivity index (χ1) is 43.0. The summed E-state index contributed by atoms with van der Waals surface area (Å²) < 4.78 is 294. The highest BCUT2D eigenvalue weighted by Crippen LogP contribution is 2.31. The summed E-state index contributed by atoms with van der Waals surface area (Å²) in [6.45, 7) is 4.61. The highest BCUT2D eigenvalue weighted by atomic mass is 19.2. The van der Waals surface area contributed by atoms with Crippen LogP contribution in [0.3, 0.4) is 0 Å². The summed E-state index contributed by atoms with van der Waals surface area (Å²) in [6.07, 6.45) is 41.1. The standard InChI is InChI=1S/C43H78N2.C24BF20/c1-3-5-7-9-11-13-15-17-19-21-23-25-27-29-31-33-35-40-37-38-41-42(39-40)45-43(44-41)36-34-32-30-28-26-24-22-20-18-16-14-12-10-8-6-4-2;26-5-1(6(27)14(35)21(42)13(5)34)25(2-7(28)15(36)22(43)16(37)8(2)29,3-9(30)17(38)23(44)18(39)10(3)31)4-11(32)19(40)24(45)20(41)12(4)33/h37-39H,3-36H2,1-2H3,(H,44,45);/q;-1/p+1. The molecule has 6 aromatic rings. The van der Waals surface area contributed by atoms with Crippen LogP contribution >= 0.6 is 0 Å². The summed E-state index contributed by atoms with van der Waals surface area (Å²) >= 11 is 0. The number of aryl methyl sites for hydroxylation is 2. The third kappa shape index (κ3) is 18.5. The van der Waals surface area contributed by atoms with E-state index < -0.39 is 144 Å². The van der Waals surface area contributed by atoms with Crippen molar-refractivity contribution in [1.82, 2.24) is 4.98 Å². The fourth-order valence-electron chi connectivity index (χ4n) is 12.0. The summed E-state index contributed by atoms with van der Waals surface area (Å²) in [5, 5.41) is 0. The van der Waals surface area contributed by atoms with Crippen molar-refractivity contribution in [3.05, 3.63) is 146 Å².